The van der Waals surface area contributed by atoms with Crippen LogP contribution in [-0.4, -0.2) is 74.5 Å². The minimum Gasteiger partial charge on any atom is -0.459 e. The highest BCUT2D eigenvalue weighted by Gasteiger charge is 2.26. The summed E-state index contributed by atoms with van der Waals surface area (Å²) in [4.78, 5) is 41.8. The first-order chi connectivity index (χ1) is 13.5. The molecule has 1 saturated heterocycles. The van der Waals surface area contributed by atoms with Gasteiger partial charge < -0.3 is 23.9 Å². The Labute approximate surface area is 163 Å². The summed E-state index contributed by atoms with van der Waals surface area (Å²) in [7, 11) is 3.82. The second-order valence-electron chi connectivity index (χ2n) is 6.67. The molecule has 2 heterocycles. The highest BCUT2D eigenvalue weighted by atomic mass is 16.5. The molecule has 0 radical (unpaired) electrons. The molecule has 1 aliphatic heterocycles. The summed E-state index contributed by atoms with van der Waals surface area (Å²) in [6, 6.07) is 10.2. The Morgan fingerprint density at radius 3 is 2.21 bits per heavy atom. The Morgan fingerprint density at radius 1 is 1.00 bits per heavy atom. The number of esters is 1. The third-order valence-corrected chi connectivity index (χ3v) is 4.60. The highest BCUT2D eigenvalue weighted by Crippen LogP contribution is 2.13. The van der Waals surface area contributed by atoms with Gasteiger partial charge in [-0.25, -0.2) is 4.79 Å². The van der Waals surface area contributed by atoms with Crippen LogP contribution in [-0.2, 0) is 9.53 Å². The molecular formula is C20H23N3O5. The van der Waals surface area contributed by atoms with Crippen LogP contribution >= 0.6 is 0 Å². The van der Waals surface area contributed by atoms with Crippen molar-refractivity contribution in [1.29, 1.82) is 0 Å². The molecule has 3 rings (SSSR count). The minimum absolute atomic E-state index is 0.190. The van der Waals surface area contributed by atoms with Crippen molar-refractivity contribution in [2.75, 3.05) is 51.8 Å². The standard InChI is InChI=1S/C20H23N3O5/c1-21(2)16-7-5-15(6-8-16)20(26)28-14-18(24)22-9-11-23(12-10-22)19(25)17-4-3-13-27-17/h3-8,13H,9-12,14H2,1-2H3. The summed E-state index contributed by atoms with van der Waals surface area (Å²) in [5, 5.41) is 0. The molecule has 0 unspecified atom stereocenters. The van der Waals surface area contributed by atoms with Crippen LogP contribution in [0.2, 0.25) is 0 Å². The SMILES string of the molecule is CN(C)c1ccc(C(=O)OCC(=O)N2CCN(C(=O)c3ccco3)CC2)cc1. The van der Waals surface area contributed by atoms with Crippen LogP contribution in [0.4, 0.5) is 5.69 Å². The van der Waals surface area contributed by atoms with Crippen LogP contribution in [0.1, 0.15) is 20.9 Å². The minimum atomic E-state index is -0.537. The summed E-state index contributed by atoms with van der Waals surface area (Å²) in [6.07, 6.45) is 1.45. The van der Waals surface area contributed by atoms with Gasteiger partial charge in [-0.1, -0.05) is 0 Å². The number of ether oxygens (including phenoxy) is 1. The van der Waals surface area contributed by atoms with E-state index in [-0.39, 0.29) is 24.2 Å². The number of rotatable bonds is 5. The number of anilines is 1. The number of carbonyl (C=O) groups excluding carboxylic acids is 3. The molecule has 1 aromatic carbocycles. The van der Waals surface area contributed by atoms with E-state index in [1.807, 2.05) is 31.1 Å². The maximum atomic E-state index is 12.3. The molecule has 8 nitrogen and oxygen atoms in total. The number of hydrogen-bond acceptors (Lipinski definition) is 6. The molecule has 0 aliphatic carbocycles. The van der Waals surface area contributed by atoms with Gasteiger partial charge in [-0.05, 0) is 36.4 Å². The number of hydrogen-bond donors (Lipinski definition) is 0. The van der Waals surface area contributed by atoms with E-state index in [9.17, 15) is 14.4 Å². The van der Waals surface area contributed by atoms with Gasteiger partial charge >= 0.3 is 5.97 Å². The van der Waals surface area contributed by atoms with E-state index in [1.54, 1.807) is 34.1 Å². The van der Waals surface area contributed by atoms with Crippen LogP contribution in [0.5, 0.6) is 0 Å². The van der Waals surface area contributed by atoms with Crippen molar-refractivity contribution in [3.63, 3.8) is 0 Å². The molecule has 8 heteroatoms. The number of amides is 2. The van der Waals surface area contributed by atoms with Gasteiger partial charge in [0.15, 0.2) is 12.4 Å². The van der Waals surface area contributed by atoms with Gasteiger partial charge in [0.1, 0.15) is 0 Å². The van der Waals surface area contributed by atoms with Gasteiger partial charge in [-0.2, -0.15) is 0 Å². The van der Waals surface area contributed by atoms with E-state index in [0.717, 1.165) is 5.69 Å². The number of furan rings is 1. The molecule has 28 heavy (non-hydrogen) atoms. The zero-order valence-corrected chi connectivity index (χ0v) is 16.0. The summed E-state index contributed by atoms with van der Waals surface area (Å²) < 4.78 is 10.3. The van der Waals surface area contributed by atoms with E-state index in [2.05, 4.69) is 0 Å². The average molecular weight is 385 g/mol. The number of carbonyl (C=O) groups is 3. The van der Waals surface area contributed by atoms with Crippen molar-refractivity contribution in [3.8, 4) is 0 Å². The van der Waals surface area contributed by atoms with Crippen LogP contribution < -0.4 is 4.90 Å². The molecule has 0 bridgehead atoms. The number of benzene rings is 1. The molecule has 0 N–H and O–H groups in total. The maximum absolute atomic E-state index is 12.3. The second-order valence-corrected chi connectivity index (χ2v) is 6.67. The molecule has 1 fully saturated rings. The zero-order chi connectivity index (χ0) is 20.1. The third-order valence-electron chi connectivity index (χ3n) is 4.60. The molecule has 1 aliphatic rings. The number of nitrogens with zero attached hydrogens (tertiary/aromatic N) is 3. The molecule has 0 spiro atoms. The quantitative estimate of drug-likeness (QED) is 0.725. The second kappa shape index (κ2) is 8.60. The molecular weight excluding hydrogens is 362 g/mol. The van der Waals surface area contributed by atoms with Gasteiger partial charge in [0, 0.05) is 46.0 Å². The van der Waals surface area contributed by atoms with E-state index in [0.29, 0.717) is 31.7 Å². The summed E-state index contributed by atoms with van der Waals surface area (Å²) >= 11 is 0. The monoisotopic (exact) mass is 385 g/mol. The van der Waals surface area contributed by atoms with E-state index >= 15 is 0 Å². The Morgan fingerprint density at radius 2 is 1.64 bits per heavy atom. The van der Waals surface area contributed by atoms with Gasteiger partial charge in [-0.15, -0.1) is 0 Å². The van der Waals surface area contributed by atoms with Crippen molar-refractivity contribution in [3.05, 3.63) is 54.0 Å². The van der Waals surface area contributed by atoms with Crippen LogP contribution in [0, 0.1) is 0 Å². The topological polar surface area (TPSA) is 83.3 Å². The van der Waals surface area contributed by atoms with E-state index in [4.69, 9.17) is 9.15 Å². The average Bonchev–Trinajstić information content (AvgIpc) is 3.26. The summed E-state index contributed by atoms with van der Waals surface area (Å²) in [5.41, 5.74) is 1.36. The fourth-order valence-corrected chi connectivity index (χ4v) is 2.91. The van der Waals surface area contributed by atoms with Crippen molar-refractivity contribution >= 4 is 23.5 Å². The van der Waals surface area contributed by atoms with Gasteiger partial charge in [-0.3, -0.25) is 9.59 Å². The van der Waals surface area contributed by atoms with Crippen LogP contribution in [0.25, 0.3) is 0 Å². The molecule has 2 amide bonds. The summed E-state index contributed by atoms with van der Waals surface area (Å²) in [6.45, 7) is 1.28. The predicted molar refractivity (Wildman–Crippen MR) is 102 cm³/mol. The summed E-state index contributed by atoms with van der Waals surface area (Å²) in [5.74, 6) is -0.715. The zero-order valence-electron chi connectivity index (χ0n) is 16.0. The normalized spacial score (nSPS) is 13.9. The Hall–Kier alpha value is -3.29. The van der Waals surface area contributed by atoms with Crippen LogP contribution in [0.15, 0.2) is 47.1 Å². The Bertz CT molecular complexity index is 822. The first-order valence-electron chi connectivity index (χ1n) is 9.01. The molecule has 148 valence electrons. The molecule has 0 atom stereocenters. The van der Waals surface area contributed by atoms with Gasteiger partial charge in [0.25, 0.3) is 11.8 Å². The fourth-order valence-electron chi connectivity index (χ4n) is 2.91. The lowest BCUT2D eigenvalue weighted by Crippen LogP contribution is -2.51. The largest absolute Gasteiger partial charge is 0.459 e. The van der Waals surface area contributed by atoms with Gasteiger partial charge in [0.05, 0.1) is 11.8 Å². The smallest absolute Gasteiger partial charge is 0.338 e. The Balaban J connectivity index is 1.45. The van der Waals surface area contributed by atoms with Crippen molar-refractivity contribution < 1.29 is 23.5 Å². The van der Waals surface area contributed by atoms with E-state index in [1.165, 1.54) is 6.26 Å². The predicted octanol–water partition coefficient (Wildman–Crippen LogP) is 1.49. The lowest BCUT2D eigenvalue weighted by atomic mass is 10.2. The lowest BCUT2D eigenvalue weighted by Gasteiger charge is -2.34. The van der Waals surface area contributed by atoms with E-state index < -0.39 is 5.97 Å². The molecule has 0 saturated carbocycles. The Kier molecular flexibility index (Phi) is 5.98. The van der Waals surface area contributed by atoms with Gasteiger partial charge in [0.2, 0.25) is 0 Å². The first kappa shape index (κ1) is 19.5. The van der Waals surface area contributed by atoms with Crippen molar-refractivity contribution in [2.24, 2.45) is 0 Å². The van der Waals surface area contributed by atoms with Crippen molar-refractivity contribution in [2.45, 2.75) is 0 Å². The number of piperazine rings is 1. The first-order valence-corrected chi connectivity index (χ1v) is 9.01. The lowest BCUT2D eigenvalue weighted by molar-refractivity contribution is -0.136. The third kappa shape index (κ3) is 4.51. The van der Waals surface area contributed by atoms with Crippen LogP contribution in [0.3, 0.4) is 0 Å². The van der Waals surface area contributed by atoms with Crippen molar-refractivity contribution in [1.82, 2.24) is 9.80 Å². The molecule has 2 aromatic rings. The fraction of sp³-hybridized carbons (Fsp3) is 0.350. The molecule has 1 aromatic heterocycles. The maximum Gasteiger partial charge on any atom is 0.338 e. The highest BCUT2D eigenvalue weighted by molar-refractivity contribution is 5.92.